The van der Waals surface area contributed by atoms with Gasteiger partial charge >= 0.3 is 0 Å². The van der Waals surface area contributed by atoms with Gasteiger partial charge in [0, 0.05) is 13.1 Å². The molecular weight excluding hydrogens is 260 g/mol. The summed E-state index contributed by atoms with van der Waals surface area (Å²) in [7, 11) is -3.40. The van der Waals surface area contributed by atoms with Crippen molar-refractivity contribution in [3.8, 4) is 0 Å². The van der Waals surface area contributed by atoms with Gasteiger partial charge < -0.3 is 5.32 Å². The summed E-state index contributed by atoms with van der Waals surface area (Å²) in [6.07, 6.45) is 3.78. The summed E-state index contributed by atoms with van der Waals surface area (Å²) >= 11 is 0. The summed E-state index contributed by atoms with van der Waals surface area (Å²) < 4.78 is 27.1. The summed E-state index contributed by atoms with van der Waals surface area (Å²) in [6.45, 7) is 4.15. The molecule has 1 aromatic rings. The van der Waals surface area contributed by atoms with Gasteiger partial charge in [-0.25, -0.2) is 13.1 Å². The highest BCUT2D eigenvalue weighted by Gasteiger charge is 2.14. The van der Waals surface area contributed by atoms with Crippen LogP contribution in [0, 0.1) is 0 Å². The minimum absolute atomic E-state index is 0.349. The van der Waals surface area contributed by atoms with Crippen LogP contribution >= 0.6 is 0 Å². The lowest BCUT2D eigenvalue weighted by atomic mass is 10.1. The van der Waals surface area contributed by atoms with Crippen molar-refractivity contribution in [2.45, 2.75) is 24.7 Å². The number of hydrogen-bond acceptors (Lipinski definition) is 3. The van der Waals surface area contributed by atoms with Crippen molar-refractivity contribution in [1.29, 1.82) is 0 Å². The Morgan fingerprint density at radius 3 is 2.89 bits per heavy atom. The number of aryl methyl sites for hydroxylation is 1. The van der Waals surface area contributed by atoms with Gasteiger partial charge in [0.1, 0.15) is 0 Å². The molecule has 0 amide bonds. The second kappa shape index (κ2) is 6.32. The van der Waals surface area contributed by atoms with Gasteiger partial charge in [-0.05, 0) is 37.1 Å². The molecule has 0 spiro atoms. The van der Waals surface area contributed by atoms with Crippen molar-refractivity contribution in [1.82, 2.24) is 10.0 Å². The Bertz CT molecular complexity index is 565. The van der Waals surface area contributed by atoms with Gasteiger partial charge in [0.2, 0.25) is 10.0 Å². The molecule has 0 saturated heterocycles. The second-order valence-corrected chi connectivity index (χ2v) is 6.41. The van der Waals surface area contributed by atoms with E-state index < -0.39 is 10.0 Å². The highest BCUT2D eigenvalue weighted by Crippen LogP contribution is 2.12. The van der Waals surface area contributed by atoms with Crippen LogP contribution in [0.25, 0.3) is 0 Å². The van der Waals surface area contributed by atoms with Crippen molar-refractivity contribution >= 4 is 10.0 Å². The minimum Gasteiger partial charge on any atom is -0.313 e. The summed E-state index contributed by atoms with van der Waals surface area (Å²) in [5.41, 5.74) is 2.18. The van der Waals surface area contributed by atoms with E-state index >= 15 is 0 Å². The van der Waals surface area contributed by atoms with Gasteiger partial charge in [0.15, 0.2) is 0 Å². The molecule has 0 saturated carbocycles. The first-order chi connectivity index (χ1) is 9.12. The molecule has 0 bridgehead atoms. The van der Waals surface area contributed by atoms with E-state index in [4.69, 9.17) is 0 Å². The quantitative estimate of drug-likeness (QED) is 0.803. The molecule has 1 heterocycles. The van der Waals surface area contributed by atoms with E-state index in [0.29, 0.717) is 11.4 Å². The molecule has 5 heteroatoms. The van der Waals surface area contributed by atoms with Crippen LogP contribution in [0.1, 0.15) is 18.9 Å². The van der Waals surface area contributed by atoms with Gasteiger partial charge in [-0.3, -0.25) is 0 Å². The Balaban J connectivity index is 2.07. The number of benzene rings is 1. The molecule has 1 aliphatic heterocycles. The van der Waals surface area contributed by atoms with E-state index in [1.807, 2.05) is 13.0 Å². The molecule has 0 unspecified atom stereocenters. The van der Waals surface area contributed by atoms with Crippen molar-refractivity contribution in [3.05, 3.63) is 41.5 Å². The summed E-state index contributed by atoms with van der Waals surface area (Å²) in [6, 6.07) is 7.10. The molecule has 0 aliphatic carbocycles. The van der Waals surface area contributed by atoms with Gasteiger partial charge in [-0.2, -0.15) is 0 Å². The highest BCUT2D eigenvalue weighted by molar-refractivity contribution is 7.89. The lowest BCUT2D eigenvalue weighted by molar-refractivity contribution is 0.582. The van der Waals surface area contributed by atoms with Crippen LogP contribution < -0.4 is 10.0 Å². The van der Waals surface area contributed by atoms with Gasteiger partial charge in [-0.15, -0.1) is 0 Å². The maximum atomic E-state index is 12.2. The number of rotatable bonds is 5. The van der Waals surface area contributed by atoms with Crippen LogP contribution in [-0.2, 0) is 16.4 Å². The van der Waals surface area contributed by atoms with Crippen LogP contribution in [0.3, 0.4) is 0 Å². The molecule has 0 aromatic heterocycles. The Morgan fingerprint density at radius 2 is 2.21 bits per heavy atom. The predicted octanol–water partition coefficient (Wildman–Crippen LogP) is 1.45. The van der Waals surface area contributed by atoms with Crippen LogP contribution in [0.5, 0.6) is 0 Å². The Morgan fingerprint density at radius 1 is 1.37 bits per heavy atom. The fraction of sp³-hybridized carbons (Fsp3) is 0.429. The lowest BCUT2D eigenvalue weighted by Gasteiger charge is -2.15. The zero-order valence-electron chi connectivity index (χ0n) is 11.1. The van der Waals surface area contributed by atoms with Crippen LogP contribution in [0.15, 0.2) is 40.8 Å². The Labute approximate surface area is 115 Å². The third-order valence-electron chi connectivity index (χ3n) is 3.26. The summed E-state index contributed by atoms with van der Waals surface area (Å²) in [5, 5.41) is 3.21. The molecule has 0 radical (unpaired) electrons. The van der Waals surface area contributed by atoms with Crippen LogP contribution in [-0.4, -0.2) is 28.1 Å². The fourth-order valence-electron chi connectivity index (χ4n) is 2.03. The maximum Gasteiger partial charge on any atom is 0.240 e. The van der Waals surface area contributed by atoms with Gasteiger partial charge in [0.05, 0.1) is 4.90 Å². The maximum absolute atomic E-state index is 12.2. The predicted molar refractivity (Wildman–Crippen MR) is 76.6 cm³/mol. The summed E-state index contributed by atoms with van der Waals surface area (Å²) in [4.78, 5) is 0.349. The molecule has 1 aromatic carbocycles. The topological polar surface area (TPSA) is 58.2 Å². The van der Waals surface area contributed by atoms with Gasteiger partial charge in [0.25, 0.3) is 0 Å². The zero-order valence-corrected chi connectivity index (χ0v) is 12.0. The van der Waals surface area contributed by atoms with E-state index in [0.717, 1.165) is 37.1 Å². The van der Waals surface area contributed by atoms with E-state index in [1.54, 1.807) is 18.2 Å². The highest BCUT2D eigenvalue weighted by atomic mass is 32.2. The number of sulfonamides is 1. The molecule has 19 heavy (non-hydrogen) atoms. The number of hydrogen-bond donors (Lipinski definition) is 2. The van der Waals surface area contributed by atoms with E-state index in [9.17, 15) is 8.42 Å². The molecule has 104 valence electrons. The molecule has 2 rings (SSSR count). The fourth-order valence-corrected chi connectivity index (χ4v) is 3.14. The Hall–Kier alpha value is -1.17. The Kier molecular flexibility index (Phi) is 4.74. The van der Waals surface area contributed by atoms with Gasteiger partial charge in [-0.1, -0.05) is 30.7 Å². The normalized spacial score (nSPS) is 16.2. The molecule has 1 aliphatic rings. The molecule has 2 N–H and O–H groups in total. The number of nitrogens with one attached hydrogen (secondary N) is 2. The van der Waals surface area contributed by atoms with E-state index in [2.05, 4.69) is 16.1 Å². The SMILES string of the molecule is CCc1cccc(S(=O)(=O)NCC2=CCNCC2)c1. The molecular formula is C14H20N2O2S. The standard InChI is InChI=1S/C14H20N2O2S/c1-2-12-4-3-5-14(10-12)19(17,18)16-11-13-6-8-15-9-7-13/h3-6,10,15-16H,2,7-9,11H2,1H3. The van der Waals surface area contributed by atoms with Crippen LogP contribution in [0.4, 0.5) is 0 Å². The van der Waals surface area contributed by atoms with Crippen molar-refractivity contribution in [3.63, 3.8) is 0 Å². The van der Waals surface area contributed by atoms with Crippen molar-refractivity contribution in [2.24, 2.45) is 0 Å². The minimum atomic E-state index is -3.40. The zero-order chi connectivity index (χ0) is 13.7. The van der Waals surface area contributed by atoms with Crippen LogP contribution in [0.2, 0.25) is 0 Å². The molecule has 4 nitrogen and oxygen atoms in total. The molecule has 0 atom stereocenters. The van der Waals surface area contributed by atoms with E-state index in [1.165, 1.54) is 0 Å². The first kappa shape index (κ1) is 14.2. The second-order valence-electron chi connectivity index (χ2n) is 4.64. The smallest absolute Gasteiger partial charge is 0.240 e. The largest absolute Gasteiger partial charge is 0.313 e. The summed E-state index contributed by atoms with van der Waals surface area (Å²) in [5.74, 6) is 0. The first-order valence-electron chi connectivity index (χ1n) is 6.59. The monoisotopic (exact) mass is 280 g/mol. The third-order valence-corrected chi connectivity index (χ3v) is 4.66. The van der Waals surface area contributed by atoms with Crippen molar-refractivity contribution < 1.29 is 8.42 Å². The average molecular weight is 280 g/mol. The van der Waals surface area contributed by atoms with E-state index in [-0.39, 0.29) is 0 Å². The third kappa shape index (κ3) is 3.89. The lowest BCUT2D eigenvalue weighted by Crippen LogP contribution is -2.29. The average Bonchev–Trinajstić information content (AvgIpc) is 2.46. The first-order valence-corrected chi connectivity index (χ1v) is 8.07. The van der Waals surface area contributed by atoms with Crippen molar-refractivity contribution in [2.75, 3.05) is 19.6 Å². The molecule has 0 fully saturated rings.